The van der Waals surface area contributed by atoms with Gasteiger partial charge in [-0.15, -0.1) is 0 Å². The Labute approximate surface area is 154 Å². The van der Waals surface area contributed by atoms with E-state index < -0.39 is 10.0 Å². The minimum Gasteiger partial charge on any atom is -0.360 e. The maximum absolute atomic E-state index is 12.3. The SMILES string of the molecule is C[C@H](NC(=O)c1cc(C2CC2)on1)C1CCN(S(=O)(=O)CCCN)CC1. The molecule has 1 aliphatic heterocycles. The third-order valence-electron chi connectivity index (χ3n) is 5.30. The van der Waals surface area contributed by atoms with Crippen LogP contribution in [-0.2, 0) is 10.0 Å². The fraction of sp³-hybridized carbons (Fsp3) is 0.765. The molecule has 2 fully saturated rings. The summed E-state index contributed by atoms with van der Waals surface area (Å²) >= 11 is 0. The van der Waals surface area contributed by atoms with Crippen LogP contribution in [0.4, 0.5) is 0 Å². The zero-order chi connectivity index (χ0) is 18.7. The molecule has 0 radical (unpaired) electrons. The van der Waals surface area contributed by atoms with E-state index in [1.54, 1.807) is 10.4 Å². The summed E-state index contributed by atoms with van der Waals surface area (Å²) in [4.78, 5) is 12.3. The fourth-order valence-electron chi connectivity index (χ4n) is 3.40. The van der Waals surface area contributed by atoms with Gasteiger partial charge >= 0.3 is 0 Å². The Hall–Kier alpha value is -1.45. The van der Waals surface area contributed by atoms with Crippen molar-refractivity contribution >= 4 is 15.9 Å². The summed E-state index contributed by atoms with van der Waals surface area (Å²) in [5, 5.41) is 6.84. The molecular weight excluding hydrogens is 356 g/mol. The van der Waals surface area contributed by atoms with Crippen molar-refractivity contribution in [2.75, 3.05) is 25.4 Å². The Bertz CT molecular complexity index is 721. The van der Waals surface area contributed by atoms with Crippen molar-refractivity contribution in [2.45, 2.75) is 51.0 Å². The molecule has 1 amide bonds. The quantitative estimate of drug-likeness (QED) is 0.692. The number of amides is 1. The van der Waals surface area contributed by atoms with Gasteiger partial charge in [-0.05, 0) is 51.5 Å². The van der Waals surface area contributed by atoms with E-state index in [0.29, 0.717) is 37.7 Å². The van der Waals surface area contributed by atoms with Crippen LogP contribution in [0.2, 0.25) is 0 Å². The fourth-order valence-corrected chi connectivity index (χ4v) is 4.96. The number of aromatic nitrogens is 1. The predicted molar refractivity (Wildman–Crippen MR) is 97.2 cm³/mol. The Kier molecular flexibility index (Phi) is 5.99. The molecule has 9 heteroatoms. The van der Waals surface area contributed by atoms with Gasteiger partial charge in [0, 0.05) is 31.1 Å². The topological polar surface area (TPSA) is 119 Å². The standard InChI is InChI=1S/C17H28N4O4S/c1-12(19-17(22)15-11-16(25-20-15)14-3-4-14)13-5-8-21(9-6-13)26(23,24)10-2-7-18/h11-14H,2-10,18H2,1H3,(H,19,22)/t12-/m0/s1. The van der Waals surface area contributed by atoms with Gasteiger partial charge in [-0.25, -0.2) is 12.7 Å². The lowest BCUT2D eigenvalue weighted by Crippen LogP contribution is -2.46. The average molecular weight is 385 g/mol. The minimum absolute atomic E-state index is 0.0440. The average Bonchev–Trinajstić information content (AvgIpc) is 3.36. The number of nitrogens with one attached hydrogen (secondary N) is 1. The smallest absolute Gasteiger partial charge is 0.273 e. The molecular formula is C17H28N4O4S. The van der Waals surface area contributed by atoms with Crippen LogP contribution < -0.4 is 11.1 Å². The molecule has 2 heterocycles. The molecule has 1 aromatic rings. The first kappa shape index (κ1) is 19.3. The van der Waals surface area contributed by atoms with Crippen molar-refractivity contribution in [2.24, 2.45) is 11.7 Å². The van der Waals surface area contributed by atoms with Gasteiger partial charge in [0.1, 0.15) is 5.76 Å². The van der Waals surface area contributed by atoms with Crippen molar-refractivity contribution in [3.05, 3.63) is 17.5 Å². The van der Waals surface area contributed by atoms with Crippen LogP contribution in [0, 0.1) is 5.92 Å². The van der Waals surface area contributed by atoms with Crippen LogP contribution in [0.1, 0.15) is 61.2 Å². The summed E-state index contributed by atoms with van der Waals surface area (Å²) in [5.41, 5.74) is 5.73. The lowest BCUT2D eigenvalue weighted by molar-refractivity contribution is 0.0905. The molecule has 3 rings (SSSR count). The van der Waals surface area contributed by atoms with Crippen LogP contribution in [-0.4, -0.2) is 55.2 Å². The summed E-state index contributed by atoms with van der Waals surface area (Å²) in [6.07, 6.45) is 4.14. The molecule has 0 aromatic carbocycles. The Balaban J connectivity index is 1.48. The summed E-state index contributed by atoms with van der Waals surface area (Å²) < 4.78 is 31.2. The number of carbonyl (C=O) groups is 1. The first-order chi connectivity index (χ1) is 12.4. The van der Waals surface area contributed by atoms with E-state index in [0.717, 1.165) is 31.4 Å². The molecule has 1 saturated carbocycles. The third kappa shape index (κ3) is 4.63. The maximum atomic E-state index is 12.3. The largest absolute Gasteiger partial charge is 0.360 e. The first-order valence-corrected chi connectivity index (χ1v) is 11.0. The monoisotopic (exact) mass is 384 g/mol. The van der Waals surface area contributed by atoms with E-state index >= 15 is 0 Å². The highest BCUT2D eigenvalue weighted by Gasteiger charge is 2.32. The van der Waals surface area contributed by atoms with Crippen molar-refractivity contribution < 1.29 is 17.7 Å². The van der Waals surface area contributed by atoms with Gasteiger partial charge in [-0.1, -0.05) is 5.16 Å². The van der Waals surface area contributed by atoms with Crippen molar-refractivity contribution in [1.82, 2.24) is 14.8 Å². The van der Waals surface area contributed by atoms with E-state index in [4.69, 9.17) is 10.3 Å². The molecule has 0 unspecified atom stereocenters. The predicted octanol–water partition coefficient (Wildman–Crippen LogP) is 1.06. The second kappa shape index (κ2) is 8.06. The van der Waals surface area contributed by atoms with Crippen LogP contribution in [0.25, 0.3) is 0 Å². The molecule has 1 saturated heterocycles. The number of hydrogen-bond acceptors (Lipinski definition) is 6. The van der Waals surface area contributed by atoms with E-state index in [2.05, 4.69) is 10.5 Å². The molecule has 1 aromatic heterocycles. The van der Waals surface area contributed by atoms with Crippen LogP contribution in [0.5, 0.6) is 0 Å². The number of piperidine rings is 1. The first-order valence-electron chi connectivity index (χ1n) is 9.36. The van der Waals surface area contributed by atoms with Crippen LogP contribution in [0.15, 0.2) is 10.6 Å². The highest BCUT2D eigenvalue weighted by atomic mass is 32.2. The van der Waals surface area contributed by atoms with Gasteiger partial charge in [0.15, 0.2) is 5.69 Å². The normalized spacial score (nSPS) is 20.8. The van der Waals surface area contributed by atoms with Gasteiger partial charge in [-0.2, -0.15) is 0 Å². The molecule has 8 nitrogen and oxygen atoms in total. The Morgan fingerprint density at radius 2 is 2.08 bits per heavy atom. The lowest BCUT2D eigenvalue weighted by Gasteiger charge is -2.34. The Morgan fingerprint density at radius 3 is 2.69 bits per heavy atom. The molecule has 0 spiro atoms. The molecule has 1 atom stereocenters. The van der Waals surface area contributed by atoms with Gasteiger partial charge in [-0.3, -0.25) is 4.79 Å². The van der Waals surface area contributed by atoms with E-state index in [-0.39, 0.29) is 23.6 Å². The number of sulfonamides is 1. The van der Waals surface area contributed by atoms with Crippen molar-refractivity contribution in [1.29, 1.82) is 0 Å². The minimum atomic E-state index is -3.22. The van der Waals surface area contributed by atoms with E-state index in [1.165, 1.54) is 0 Å². The van der Waals surface area contributed by atoms with Gasteiger partial charge in [0.05, 0.1) is 5.75 Å². The van der Waals surface area contributed by atoms with Crippen LogP contribution >= 0.6 is 0 Å². The van der Waals surface area contributed by atoms with Gasteiger partial charge in [0.25, 0.3) is 5.91 Å². The highest BCUT2D eigenvalue weighted by molar-refractivity contribution is 7.89. The summed E-state index contributed by atoms with van der Waals surface area (Å²) in [5.74, 6) is 1.34. The highest BCUT2D eigenvalue weighted by Crippen LogP contribution is 2.40. The molecule has 146 valence electrons. The summed E-state index contributed by atoms with van der Waals surface area (Å²) in [6.45, 7) is 3.33. The third-order valence-corrected chi connectivity index (χ3v) is 7.26. The molecule has 3 N–H and O–H groups in total. The van der Waals surface area contributed by atoms with Crippen molar-refractivity contribution in [3.8, 4) is 0 Å². The zero-order valence-corrected chi connectivity index (χ0v) is 16.0. The molecule has 1 aliphatic carbocycles. The maximum Gasteiger partial charge on any atom is 0.273 e. The number of nitrogens with zero attached hydrogens (tertiary/aromatic N) is 2. The lowest BCUT2D eigenvalue weighted by atomic mass is 9.91. The van der Waals surface area contributed by atoms with Crippen LogP contribution in [0.3, 0.4) is 0 Å². The molecule has 2 aliphatic rings. The zero-order valence-electron chi connectivity index (χ0n) is 15.2. The van der Waals surface area contributed by atoms with E-state index in [9.17, 15) is 13.2 Å². The number of hydrogen-bond donors (Lipinski definition) is 2. The molecule has 0 bridgehead atoms. The van der Waals surface area contributed by atoms with Gasteiger partial charge in [0.2, 0.25) is 10.0 Å². The summed E-state index contributed by atoms with van der Waals surface area (Å²) in [7, 11) is -3.22. The number of rotatable bonds is 8. The number of carbonyl (C=O) groups excluding carboxylic acids is 1. The van der Waals surface area contributed by atoms with Crippen molar-refractivity contribution in [3.63, 3.8) is 0 Å². The van der Waals surface area contributed by atoms with E-state index in [1.807, 2.05) is 6.92 Å². The Morgan fingerprint density at radius 1 is 1.38 bits per heavy atom. The number of nitrogens with two attached hydrogens (primary N) is 1. The second-order valence-electron chi connectivity index (χ2n) is 7.35. The summed E-state index contributed by atoms with van der Waals surface area (Å²) in [6, 6.07) is 1.68. The van der Waals surface area contributed by atoms with Gasteiger partial charge < -0.3 is 15.6 Å². The molecule has 26 heavy (non-hydrogen) atoms. The second-order valence-corrected chi connectivity index (χ2v) is 9.43.